The average molecular weight is 188 g/mol. The van der Waals surface area contributed by atoms with Gasteiger partial charge >= 0.3 is 0 Å². The van der Waals surface area contributed by atoms with Crippen LogP contribution in [0, 0.1) is 0 Å². The average Bonchev–Trinajstić information content (AvgIpc) is 2.24. The Hall–Kier alpha value is -1.90. The first kappa shape index (κ1) is 7.50. The molecule has 3 bridgehead atoms. The van der Waals surface area contributed by atoms with Crippen molar-refractivity contribution < 1.29 is 14.6 Å². The number of rotatable bonds is 0. The van der Waals surface area contributed by atoms with Crippen molar-refractivity contribution in [2.75, 3.05) is 6.79 Å². The second-order valence-corrected chi connectivity index (χ2v) is 3.20. The van der Waals surface area contributed by atoms with E-state index in [9.17, 15) is 5.11 Å². The molecular weight excluding hydrogens is 180 g/mol. The summed E-state index contributed by atoms with van der Waals surface area (Å²) >= 11 is 0. The number of fused-ring (bicyclic) bond motifs is 2. The summed E-state index contributed by atoms with van der Waals surface area (Å²) < 4.78 is 10.5. The van der Waals surface area contributed by atoms with Gasteiger partial charge in [0.15, 0.2) is 11.5 Å². The van der Waals surface area contributed by atoms with Gasteiger partial charge in [-0.1, -0.05) is 12.1 Å². The van der Waals surface area contributed by atoms with E-state index in [1.165, 1.54) is 0 Å². The zero-order valence-corrected chi connectivity index (χ0v) is 7.36. The van der Waals surface area contributed by atoms with E-state index in [4.69, 9.17) is 9.47 Å². The van der Waals surface area contributed by atoms with E-state index < -0.39 is 0 Å². The van der Waals surface area contributed by atoms with Gasteiger partial charge in [-0.05, 0) is 23.6 Å². The van der Waals surface area contributed by atoms with Crippen molar-refractivity contribution in [3.63, 3.8) is 0 Å². The third kappa shape index (κ3) is 0.923. The van der Waals surface area contributed by atoms with Gasteiger partial charge in [0.2, 0.25) is 6.79 Å². The molecule has 0 aromatic heterocycles. The quantitative estimate of drug-likeness (QED) is 0.689. The first-order valence-corrected chi connectivity index (χ1v) is 4.36. The Morgan fingerprint density at radius 2 is 1.93 bits per heavy atom. The van der Waals surface area contributed by atoms with E-state index in [0.29, 0.717) is 11.5 Å². The summed E-state index contributed by atoms with van der Waals surface area (Å²) in [6.07, 6.45) is 0. The number of aromatic hydroxyl groups is 1. The summed E-state index contributed by atoms with van der Waals surface area (Å²) in [6, 6.07) is 9.25. The third-order valence-electron chi connectivity index (χ3n) is 2.37. The molecule has 0 fully saturated rings. The van der Waals surface area contributed by atoms with Gasteiger partial charge in [-0.15, -0.1) is 0 Å². The molecule has 0 saturated carbocycles. The standard InChI is InChI=1S/C11H8O3/c12-11-9-5-8-3-1-7(9)2-4-10(11)14-6-13-8/h1-5,12H,6H2. The van der Waals surface area contributed by atoms with Crippen LogP contribution >= 0.6 is 0 Å². The highest BCUT2D eigenvalue weighted by Gasteiger charge is 2.11. The van der Waals surface area contributed by atoms with Crippen LogP contribution in [0.2, 0.25) is 0 Å². The van der Waals surface area contributed by atoms with Crippen LogP contribution in [-0.4, -0.2) is 11.9 Å². The molecule has 0 spiro atoms. The van der Waals surface area contributed by atoms with Crippen LogP contribution in [0.25, 0.3) is 10.8 Å². The molecule has 0 amide bonds. The summed E-state index contributed by atoms with van der Waals surface area (Å²) in [4.78, 5) is 0. The molecule has 0 unspecified atom stereocenters. The Morgan fingerprint density at radius 3 is 2.86 bits per heavy atom. The first-order valence-electron chi connectivity index (χ1n) is 4.36. The Balaban J connectivity index is 2.47. The largest absolute Gasteiger partial charge is 0.504 e. The fourth-order valence-electron chi connectivity index (χ4n) is 1.63. The van der Waals surface area contributed by atoms with Crippen LogP contribution in [0.4, 0.5) is 0 Å². The lowest BCUT2D eigenvalue weighted by Gasteiger charge is -2.15. The van der Waals surface area contributed by atoms with Crippen molar-refractivity contribution in [1.29, 1.82) is 0 Å². The SMILES string of the molecule is Oc1c2ccc3ccc(cc13)OCO2. The van der Waals surface area contributed by atoms with Crippen LogP contribution in [-0.2, 0) is 0 Å². The van der Waals surface area contributed by atoms with Crippen LogP contribution in [0.15, 0.2) is 30.3 Å². The van der Waals surface area contributed by atoms with Crippen LogP contribution < -0.4 is 9.47 Å². The lowest BCUT2D eigenvalue weighted by molar-refractivity contribution is 0.115. The van der Waals surface area contributed by atoms with Gasteiger partial charge in [0.25, 0.3) is 0 Å². The predicted octanol–water partition coefficient (Wildman–Crippen LogP) is 2.27. The molecule has 0 aliphatic carbocycles. The fraction of sp³-hybridized carbons (Fsp3) is 0.0909. The number of phenols is 1. The van der Waals surface area contributed by atoms with Crippen LogP contribution in [0.5, 0.6) is 17.2 Å². The van der Waals surface area contributed by atoms with Gasteiger partial charge in [-0.25, -0.2) is 0 Å². The molecule has 1 aliphatic heterocycles. The smallest absolute Gasteiger partial charge is 0.231 e. The number of phenolic OH excluding ortho intramolecular Hbond substituents is 1. The Bertz CT molecular complexity index is 500. The minimum absolute atomic E-state index is 0.127. The van der Waals surface area contributed by atoms with Gasteiger partial charge in [0.05, 0.1) is 0 Å². The second kappa shape index (κ2) is 2.54. The molecule has 70 valence electrons. The lowest BCUT2D eigenvalue weighted by Crippen LogP contribution is -2.07. The molecule has 3 rings (SSSR count). The number of benzene rings is 2. The van der Waals surface area contributed by atoms with Crippen molar-refractivity contribution in [3.8, 4) is 17.2 Å². The molecule has 1 aliphatic rings. The molecule has 1 N–H and O–H groups in total. The maximum atomic E-state index is 9.83. The van der Waals surface area contributed by atoms with Crippen molar-refractivity contribution >= 4 is 10.8 Å². The summed E-state index contributed by atoms with van der Waals surface area (Å²) in [5.41, 5.74) is 0. The molecule has 2 aromatic rings. The summed E-state index contributed by atoms with van der Waals surface area (Å²) in [5, 5.41) is 11.6. The first-order chi connectivity index (χ1) is 6.84. The second-order valence-electron chi connectivity index (χ2n) is 3.20. The lowest BCUT2D eigenvalue weighted by atomic mass is 10.1. The molecule has 0 radical (unpaired) electrons. The number of hydrogen-bond acceptors (Lipinski definition) is 3. The van der Waals surface area contributed by atoms with E-state index in [1.807, 2.05) is 24.3 Å². The number of ether oxygens (including phenoxy) is 2. The van der Waals surface area contributed by atoms with Gasteiger partial charge in [-0.3, -0.25) is 0 Å². The van der Waals surface area contributed by atoms with Gasteiger partial charge in [0.1, 0.15) is 5.75 Å². The van der Waals surface area contributed by atoms with E-state index in [1.54, 1.807) is 6.07 Å². The topological polar surface area (TPSA) is 38.7 Å². The summed E-state index contributed by atoms with van der Waals surface area (Å²) in [7, 11) is 0. The monoisotopic (exact) mass is 188 g/mol. The van der Waals surface area contributed by atoms with Crippen LogP contribution in [0.1, 0.15) is 0 Å². The van der Waals surface area contributed by atoms with Crippen molar-refractivity contribution in [2.45, 2.75) is 0 Å². The highest BCUT2D eigenvalue weighted by molar-refractivity contribution is 5.91. The van der Waals surface area contributed by atoms with E-state index in [2.05, 4.69) is 0 Å². The van der Waals surface area contributed by atoms with Crippen molar-refractivity contribution in [2.24, 2.45) is 0 Å². The highest BCUT2D eigenvalue weighted by atomic mass is 16.7. The van der Waals surface area contributed by atoms with E-state index in [0.717, 1.165) is 10.8 Å². The zero-order chi connectivity index (χ0) is 9.54. The zero-order valence-electron chi connectivity index (χ0n) is 7.36. The highest BCUT2D eigenvalue weighted by Crippen LogP contribution is 2.37. The Labute approximate surface area is 80.5 Å². The maximum absolute atomic E-state index is 9.83. The van der Waals surface area contributed by atoms with Crippen molar-refractivity contribution in [1.82, 2.24) is 0 Å². The maximum Gasteiger partial charge on any atom is 0.231 e. The normalized spacial score (nSPS) is 13.4. The molecule has 2 aromatic carbocycles. The molecule has 3 heteroatoms. The molecule has 1 heterocycles. The minimum Gasteiger partial charge on any atom is -0.504 e. The summed E-state index contributed by atoms with van der Waals surface area (Å²) in [5.74, 6) is 1.37. The molecule has 0 saturated heterocycles. The van der Waals surface area contributed by atoms with Gasteiger partial charge < -0.3 is 14.6 Å². The Kier molecular flexibility index (Phi) is 1.36. The van der Waals surface area contributed by atoms with Crippen molar-refractivity contribution in [3.05, 3.63) is 30.3 Å². The minimum atomic E-state index is 0.127. The third-order valence-corrected chi connectivity index (χ3v) is 2.37. The van der Waals surface area contributed by atoms with E-state index in [-0.39, 0.29) is 12.5 Å². The molecule has 0 atom stereocenters. The fourth-order valence-corrected chi connectivity index (χ4v) is 1.63. The molecular formula is C11H8O3. The van der Waals surface area contributed by atoms with Gasteiger partial charge in [-0.2, -0.15) is 0 Å². The van der Waals surface area contributed by atoms with Gasteiger partial charge in [0, 0.05) is 5.39 Å². The number of hydrogen-bond donors (Lipinski definition) is 1. The Morgan fingerprint density at radius 1 is 1.07 bits per heavy atom. The van der Waals surface area contributed by atoms with E-state index >= 15 is 0 Å². The predicted molar refractivity (Wildman–Crippen MR) is 51.7 cm³/mol. The summed E-state index contributed by atoms with van der Waals surface area (Å²) in [6.45, 7) is 0.127. The molecule has 3 nitrogen and oxygen atoms in total. The molecule has 14 heavy (non-hydrogen) atoms. The van der Waals surface area contributed by atoms with Crippen LogP contribution in [0.3, 0.4) is 0 Å².